The van der Waals surface area contributed by atoms with Crippen molar-refractivity contribution in [2.24, 2.45) is 0 Å². The summed E-state index contributed by atoms with van der Waals surface area (Å²) >= 11 is 0. The van der Waals surface area contributed by atoms with E-state index in [9.17, 15) is 23.8 Å². The SMILES string of the molecule is [2H]c1c(CC(=O)C2(c3ccc4c(c3)OC(F)(F)O4)C([2H])([2H])C2([2H])[2H])c(F)c([2H])c2c1c([2H])c(C(C)(C)CC)n2C[C@]([2H])(O)C([2H])([2H])O. The molecule has 0 bridgehead atoms. The third kappa shape index (κ3) is 4.48. The van der Waals surface area contributed by atoms with Crippen molar-refractivity contribution in [1.29, 1.82) is 0 Å². The molecular weight excluding hydrogens is 487 g/mol. The van der Waals surface area contributed by atoms with Gasteiger partial charge < -0.3 is 24.3 Å². The highest BCUT2D eigenvalue weighted by Crippen LogP contribution is 2.52. The van der Waals surface area contributed by atoms with Crippen LogP contribution in [0.5, 0.6) is 11.5 Å². The van der Waals surface area contributed by atoms with Gasteiger partial charge in [-0.1, -0.05) is 26.8 Å². The molecule has 0 spiro atoms. The van der Waals surface area contributed by atoms with Gasteiger partial charge in [-0.3, -0.25) is 4.79 Å². The molecule has 9 heteroatoms. The molecule has 2 aliphatic rings. The second-order valence-corrected chi connectivity index (χ2v) is 9.55. The van der Waals surface area contributed by atoms with E-state index in [0.717, 1.165) is 22.8 Å². The smallest absolute Gasteiger partial charge is 0.395 e. The number of halogens is 3. The molecular formula is C28H30F3NO5. The quantitative estimate of drug-likeness (QED) is 0.410. The molecule has 0 unspecified atom stereocenters. The lowest BCUT2D eigenvalue weighted by Gasteiger charge is -2.26. The number of hydrogen-bond donors (Lipinski definition) is 2. The molecule has 0 amide bonds. The van der Waals surface area contributed by atoms with Crippen LogP contribution in [0.1, 0.15) is 70.5 Å². The van der Waals surface area contributed by atoms with Gasteiger partial charge in [0, 0.05) is 28.4 Å². The number of alkyl halides is 2. The predicted octanol–water partition coefficient (Wildman–Crippen LogP) is 4.99. The number of ketones is 1. The summed E-state index contributed by atoms with van der Waals surface area (Å²) in [7, 11) is 0. The molecule has 1 saturated carbocycles. The first-order valence-electron chi connectivity index (χ1n) is 16.4. The van der Waals surface area contributed by atoms with Crippen LogP contribution in [-0.2, 0) is 28.6 Å². The number of benzene rings is 2. The lowest BCUT2D eigenvalue weighted by molar-refractivity contribution is -0.286. The largest absolute Gasteiger partial charge is 0.586 e. The van der Waals surface area contributed by atoms with Crippen LogP contribution in [0.4, 0.5) is 13.2 Å². The van der Waals surface area contributed by atoms with Crippen molar-refractivity contribution in [3.05, 3.63) is 59.0 Å². The van der Waals surface area contributed by atoms with E-state index >= 15 is 4.39 Å². The number of carbonyl (C=O) groups excluding carboxylic acids is 1. The van der Waals surface area contributed by atoms with E-state index < -0.39 is 119 Å². The van der Waals surface area contributed by atoms with E-state index in [1.807, 2.05) is 0 Å². The molecule has 2 heterocycles. The maximum absolute atomic E-state index is 16.1. The molecule has 0 radical (unpaired) electrons. The van der Waals surface area contributed by atoms with Gasteiger partial charge >= 0.3 is 6.29 Å². The molecule has 1 aromatic heterocycles. The van der Waals surface area contributed by atoms with E-state index in [2.05, 4.69) is 9.47 Å². The Kier molecular flexibility index (Phi) is 3.80. The topological polar surface area (TPSA) is 80.9 Å². The minimum atomic E-state index is -4.08. The first kappa shape index (κ1) is 16.0. The van der Waals surface area contributed by atoms with Gasteiger partial charge in [0.1, 0.15) is 11.6 Å². The van der Waals surface area contributed by atoms with Crippen LogP contribution in [-0.4, -0.2) is 39.5 Å². The first-order chi connectivity index (χ1) is 21.2. The van der Waals surface area contributed by atoms with Gasteiger partial charge in [-0.2, -0.15) is 0 Å². The maximum atomic E-state index is 16.1. The summed E-state index contributed by atoms with van der Waals surface area (Å²) in [5, 5.41) is 19.9. The number of carbonyl (C=O) groups is 1. The van der Waals surface area contributed by atoms with Gasteiger partial charge in [0.05, 0.1) is 38.3 Å². The molecule has 198 valence electrons. The van der Waals surface area contributed by atoms with E-state index in [4.69, 9.17) is 13.7 Å². The van der Waals surface area contributed by atoms with Crippen LogP contribution in [0.25, 0.3) is 10.9 Å². The number of aromatic nitrogens is 1. The Bertz CT molecular complexity index is 1820. The van der Waals surface area contributed by atoms with Gasteiger partial charge in [0.15, 0.2) is 11.5 Å². The van der Waals surface area contributed by atoms with E-state index in [1.54, 1.807) is 20.8 Å². The minimum absolute atomic E-state index is 0.0432. The molecule has 6 nitrogen and oxygen atoms in total. The Labute approximate surface area is 226 Å². The molecule has 37 heavy (non-hydrogen) atoms. The van der Waals surface area contributed by atoms with E-state index in [1.165, 1.54) is 0 Å². The van der Waals surface area contributed by atoms with Crippen molar-refractivity contribution in [1.82, 2.24) is 4.57 Å². The fourth-order valence-electron chi connectivity index (χ4n) is 4.25. The molecule has 1 fully saturated rings. The zero-order chi connectivity index (χ0) is 35.7. The molecule has 3 aromatic rings. The lowest BCUT2D eigenvalue weighted by atomic mass is 9.86. The Hall–Kier alpha value is -3.04. The van der Waals surface area contributed by atoms with E-state index in [0.29, 0.717) is 6.42 Å². The van der Waals surface area contributed by atoms with Crippen molar-refractivity contribution in [2.75, 3.05) is 6.56 Å². The highest BCUT2D eigenvalue weighted by molar-refractivity contribution is 5.95. The van der Waals surface area contributed by atoms with Gasteiger partial charge in [-0.15, -0.1) is 8.78 Å². The summed E-state index contributed by atoms with van der Waals surface area (Å²) in [5.74, 6) is -3.87. The fourth-order valence-corrected chi connectivity index (χ4v) is 4.25. The highest BCUT2D eigenvalue weighted by Gasteiger charge is 2.52. The maximum Gasteiger partial charge on any atom is 0.586 e. The second kappa shape index (κ2) is 8.77. The normalized spacial score (nSPS) is 26.2. The average Bonchev–Trinajstić information content (AvgIpc) is 3.18. The van der Waals surface area contributed by atoms with Crippen molar-refractivity contribution in [2.45, 2.75) is 76.1 Å². The van der Waals surface area contributed by atoms with Crippen LogP contribution < -0.4 is 9.47 Å². The minimum Gasteiger partial charge on any atom is -0.395 e. The average molecular weight is 528 g/mol. The third-order valence-corrected chi connectivity index (χ3v) is 6.72. The first-order valence-corrected chi connectivity index (χ1v) is 11.4. The van der Waals surface area contributed by atoms with Crippen LogP contribution in [0.2, 0.25) is 0 Å². The highest BCUT2D eigenvalue weighted by atomic mass is 19.3. The van der Waals surface area contributed by atoms with Crippen LogP contribution >= 0.6 is 0 Å². The van der Waals surface area contributed by atoms with Crippen LogP contribution in [0.3, 0.4) is 0 Å². The standard InChI is InChI=1S/C28H30F3NO5/c1-4-26(2,3)24-10-17-9-16(20(29)13-21(17)32(24)14-19(34)15-33)11-25(35)27(7-8-27)18-5-6-22-23(12-18)37-28(30,31)36-22/h5-6,9-10,12-13,19,33-34H,4,7-8,11,14-15H2,1-3H3/t19-/m0/s1/i7D2,8D2,9D,10D,13D,15D2,19D. The zero-order valence-electron chi connectivity index (χ0n) is 30.1. The number of hydrogen-bond acceptors (Lipinski definition) is 5. The predicted molar refractivity (Wildman–Crippen MR) is 131 cm³/mol. The van der Waals surface area contributed by atoms with Gasteiger partial charge in [0.2, 0.25) is 0 Å². The monoisotopic (exact) mass is 527 g/mol. The summed E-state index contributed by atoms with van der Waals surface area (Å²) < 4.78 is 136. The van der Waals surface area contributed by atoms with Gasteiger partial charge in [-0.25, -0.2) is 4.39 Å². The van der Waals surface area contributed by atoms with Gasteiger partial charge in [0.25, 0.3) is 0 Å². The fraction of sp³-hybridized carbons (Fsp3) is 0.464. The van der Waals surface area contributed by atoms with Crippen LogP contribution in [0, 0.1) is 5.82 Å². The van der Waals surface area contributed by atoms with Crippen molar-refractivity contribution < 1.29 is 51.4 Å². The molecule has 1 atom stereocenters. The molecule has 0 saturated heterocycles. The Morgan fingerprint density at radius 2 is 2.00 bits per heavy atom. The lowest BCUT2D eigenvalue weighted by Crippen LogP contribution is -2.26. The summed E-state index contributed by atoms with van der Waals surface area (Å²) in [6, 6.07) is 0.421. The number of aliphatic hydroxyl groups is 2. The van der Waals surface area contributed by atoms with Crippen molar-refractivity contribution in [3.8, 4) is 11.5 Å². The number of rotatable bonds is 9. The zero-order valence-corrected chi connectivity index (χ0v) is 20.1. The molecule has 1 aliphatic carbocycles. The van der Waals surface area contributed by atoms with E-state index in [-0.39, 0.29) is 5.69 Å². The number of nitrogens with zero attached hydrogens (tertiary/aromatic N) is 1. The summed E-state index contributed by atoms with van der Waals surface area (Å²) in [6.45, 7) is 0.352. The summed E-state index contributed by atoms with van der Waals surface area (Å²) in [5.41, 5.74) is -5.50. The van der Waals surface area contributed by atoms with Gasteiger partial charge in [-0.05, 0) is 60.6 Å². The number of Topliss-reactive ketones (excluding diaryl/α,β-unsaturated/α-hetero) is 1. The molecule has 2 N–H and O–H groups in total. The molecule has 1 aliphatic heterocycles. The molecule has 5 rings (SSSR count). The van der Waals surface area contributed by atoms with Crippen LogP contribution in [0.15, 0.2) is 36.3 Å². The number of fused-ring (bicyclic) bond motifs is 2. The van der Waals surface area contributed by atoms with Crippen molar-refractivity contribution >= 4 is 16.7 Å². The third-order valence-electron chi connectivity index (χ3n) is 6.72. The Morgan fingerprint density at radius 3 is 2.65 bits per heavy atom. The van der Waals surface area contributed by atoms with Crippen molar-refractivity contribution in [3.63, 3.8) is 0 Å². The summed E-state index contributed by atoms with van der Waals surface area (Å²) in [6.07, 6.45) is -14.1. The Morgan fingerprint density at radius 1 is 1.30 bits per heavy atom. The molecule has 2 aromatic carbocycles. The second-order valence-electron chi connectivity index (χ2n) is 9.55. The number of ether oxygens (including phenoxy) is 2. The summed E-state index contributed by atoms with van der Waals surface area (Å²) in [4.78, 5) is 14.0. The Balaban J connectivity index is 1.70.